The zero-order chi connectivity index (χ0) is 13.4. The van der Waals surface area contributed by atoms with Crippen molar-refractivity contribution in [1.82, 2.24) is 0 Å². The van der Waals surface area contributed by atoms with Crippen LogP contribution in [0.5, 0.6) is 0 Å². The highest BCUT2D eigenvalue weighted by molar-refractivity contribution is 5.76. The fourth-order valence-electron chi connectivity index (χ4n) is 2.44. The first kappa shape index (κ1) is 14.8. The molecular weight excluding hydrogens is 226 g/mol. The molecule has 0 aromatic carbocycles. The van der Waals surface area contributed by atoms with Crippen LogP contribution >= 0.6 is 0 Å². The molecule has 0 radical (unpaired) electrons. The van der Waals surface area contributed by atoms with Gasteiger partial charge in [-0.1, -0.05) is 31.4 Å². The molecule has 0 fully saturated rings. The third-order valence-corrected chi connectivity index (χ3v) is 3.59. The van der Waals surface area contributed by atoms with Gasteiger partial charge in [0.1, 0.15) is 5.92 Å². The molecule has 0 aromatic heterocycles. The Morgan fingerprint density at radius 1 is 1.44 bits per heavy atom. The van der Waals surface area contributed by atoms with Gasteiger partial charge in [-0.2, -0.15) is 5.26 Å². The van der Waals surface area contributed by atoms with Crippen molar-refractivity contribution in [3.63, 3.8) is 0 Å². The second-order valence-corrected chi connectivity index (χ2v) is 4.88. The third kappa shape index (κ3) is 4.18. The van der Waals surface area contributed by atoms with Crippen LogP contribution in [0.2, 0.25) is 0 Å². The summed E-state index contributed by atoms with van der Waals surface area (Å²) in [7, 11) is 0. The van der Waals surface area contributed by atoms with E-state index in [1.54, 1.807) is 6.92 Å². The van der Waals surface area contributed by atoms with Gasteiger partial charge in [0.05, 0.1) is 12.7 Å². The molecule has 0 N–H and O–H groups in total. The minimum Gasteiger partial charge on any atom is -0.465 e. The molecule has 18 heavy (non-hydrogen) atoms. The van der Waals surface area contributed by atoms with E-state index in [9.17, 15) is 10.1 Å². The van der Waals surface area contributed by atoms with Crippen molar-refractivity contribution in [2.24, 2.45) is 11.8 Å². The molecule has 0 bridgehead atoms. The molecule has 1 rings (SSSR count). The van der Waals surface area contributed by atoms with E-state index in [1.165, 1.54) is 24.8 Å². The number of nitrogens with zero attached hydrogens (tertiary/aromatic N) is 1. The van der Waals surface area contributed by atoms with E-state index in [1.807, 2.05) is 6.92 Å². The molecule has 0 heterocycles. The number of rotatable bonds is 4. The molecule has 0 spiro atoms. The molecule has 0 aliphatic heterocycles. The van der Waals surface area contributed by atoms with Crippen LogP contribution in [0, 0.1) is 23.2 Å². The monoisotopic (exact) mass is 249 g/mol. The van der Waals surface area contributed by atoms with Gasteiger partial charge < -0.3 is 4.74 Å². The molecule has 0 saturated heterocycles. The predicted octanol–water partition coefficient (Wildman–Crippen LogP) is 3.61. The van der Waals surface area contributed by atoms with Crippen LogP contribution in [0.15, 0.2) is 11.6 Å². The fraction of sp³-hybridized carbons (Fsp3) is 0.733. The standard InChI is InChI=1S/C15H23NO2/c1-3-18-15(17)14(11-16)12(2)13-9-7-5-4-6-8-10-13/h9,12,14H,3-8,10H2,1-2H3. The normalized spacial score (nSPS) is 19.7. The lowest BCUT2D eigenvalue weighted by atomic mass is 9.83. The summed E-state index contributed by atoms with van der Waals surface area (Å²) >= 11 is 0. The van der Waals surface area contributed by atoms with Crippen molar-refractivity contribution in [2.75, 3.05) is 6.61 Å². The van der Waals surface area contributed by atoms with E-state index < -0.39 is 5.92 Å². The Morgan fingerprint density at radius 3 is 2.83 bits per heavy atom. The molecule has 3 nitrogen and oxygen atoms in total. The molecule has 2 unspecified atom stereocenters. The van der Waals surface area contributed by atoms with Crippen LogP contribution in [0.1, 0.15) is 52.4 Å². The molecule has 1 aliphatic carbocycles. The van der Waals surface area contributed by atoms with Crippen molar-refractivity contribution < 1.29 is 9.53 Å². The van der Waals surface area contributed by atoms with Crippen molar-refractivity contribution >= 4 is 5.97 Å². The number of nitriles is 1. The number of ether oxygens (including phenoxy) is 1. The van der Waals surface area contributed by atoms with E-state index in [0.29, 0.717) is 6.61 Å². The Kier molecular flexibility index (Phi) is 6.49. The Hall–Kier alpha value is -1.30. The Morgan fingerprint density at radius 2 is 2.17 bits per heavy atom. The maximum absolute atomic E-state index is 11.7. The highest BCUT2D eigenvalue weighted by Crippen LogP contribution is 2.28. The van der Waals surface area contributed by atoms with Crippen LogP contribution in [0.25, 0.3) is 0 Å². The summed E-state index contributed by atoms with van der Waals surface area (Å²) in [6.07, 6.45) is 9.23. The number of allylic oxidation sites excluding steroid dienone is 2. The topological polar surface area (TPSA) is 50.1 Å². The number of carbonyl (C=O) groups is 1. The van der Waals surface area contributed by atoms with E-state index in [4.69, 9.17) is 4.74 Å². The quantitative estimate of drug-likeness (QED) is 0.565. The maximum atomic E-state index is 11.7. The zero-order valence-electron chi connectivity index (χ0n) is 11.4. The fourth-order valence-corrected chi connectivity index (χ4v) is 2.44. The third-order valence-electron chi connectivity index (χ3n) is 3.59. The molecule has 100 valence electrons. The summed E-state index contributed by atoms with van der Waals surface area (Å²) in [5, 5.41) is 9.17. The molecule has 1 aliphatic rings. The molecule has 2 atom stereocenters. The number of hydrogen-bond donors (Lipinski definition) is 0. The maximum Gasteiger partial charge on any atom is 0.323 e. The summed E-state index contributed by atoms with van der Waals surface area (Å²) in [5.41, 5.74) is 1.26. The molecule has 0 aromatic rings. The van der Waals surface area contributed by atoms with E-state index in [-0.39, 0.29) is 11.9 Å². The van der Waals surface area contributed by atoms with Gasteiger partial charge in [-0.05, 0) is 32.6 Å². The van der Waals surface area contributed by atoms with Crippen LogP contribution in [0.3, 0.4) is 0 Å². The lowest BCUT2D eigenvalue weighted by molar-refractivity contribution is -0.147. The van der Waals surface area contributed by atoms with Crippen molar-refractivity contribution in [1.29, 1.82) is 5.26 Å². The minimum atomic E-state index is -0.657. The summed E-state index contributed by atoms with van der Waals surface area (Å²) < 4.78 is 4.97. The summed E-state index contributed by atoms with van der Waals surface area (Å²) in [6, 6.07) is 2.10. The Labute approximate surface area is 110 Å². The van der Waals surface area contributed by atoms with Gasteiger partial charge in [0.25, 0.3) is 0 Å². The van der Waals surface area contributed by atoms with Gasteiger partial charge in [0.15, 0.2) is 0 Å². The number of esters is 1. The zero-order valence-corrected chi connectivity index (χ0v) is 11.4. The first-order chi connectivity index (χ1) is 8.70. The molecule has 3 heteroatoms. The van der Waals surface area contributed by atoms with Gasteiger partial charge in [-0.15, -0.1) is 0 Å². The highest BCUT2D eigenvalue weighted by atomic mass is 16.5. The summed E-state index contributed by atoms with van der Waals surface area (Å²) in [4.78, 5) is 11.7. The highest BCUT2D eigenvalue weighted by Gasteiger charge is 2.28. The second kappa shape index (κ2) is 7.92. The smallest absolute Gasteiger partial charge is 0.323 e. The van der Waals surface area contributed by atoms with Gasteiger partial charge in [-0.3, -0.25) is 4.79 Å². The SMILES string of the molecule is CCOC(=O)C(C#N)C(C)C1=CCCCCCC1. The van der Waals surface area contributed by atoms with E-state index in [2.05, 4.69) is 12.1 Å². The number of carbonyl (C=O) groups excluding carboxylic acids is 1. The predicted molar refractivity (Wildman–Crippen MR) is 70.7 cm³/mol. The van der Waals surface area contributed by atoms with E-state index >= 15 is 0 Å². The van der Waals surface area contributed by atoms with Gasteiger partial charge in [0, 0.05) is 5.92 Å². The average Bonchev–Trinajstić information content (AvgIpc) is 2.29. The largest absolute Gasteiger partial charge is 0.465 e. The number of hydrogen-bond acceptors (Lipinski definition) is 3. The van der Waals surface area contributed by atoms with Crippen molar-refractivity contribution in [3.8, 4) is 6.07 Å². The van der Waals surface area contributed by atoms with Crippen molar-refractivity contribution in [2.45, 2.75) is 52.4 Å². The van der Waals surface area contributed by atoms with Gasteiger partial charge >= 0.3 is 5.97 Å². The minimum absolute atomic E-state index is 0.0212. The van der Waals surface area contributed by atoms with Crippen LogP contribution in [0.4, 0.5) is 0 Å². The second-order valence-electron chi connectivity index (χ2n) is 4.88. The first-order valence-electron chi connectivity index (χ1n) is 6.95. The lowest BCUT2D eigenvalue weighted by Gasteiger charge is -2.21. The van der Waals surface area contributed by atoms with Crippen LogP contribution in [-0.2, 0) is 9.53 Å². The molecule has 0 saturated carbocycles. The van der Waals surface area contributed by atoms with Gasteiger partial charge in [0.2, 0.25) is 0 Å². The Bertz CT molecular complexity index is 341. The average molecular weight is 249 g/mol. The van der Waals surface area contributed by atoms with E-state index in [0.717, 1.165) is 19.3 Å². The van der Waals surface area contributed by atoms with Gasteiger partial charge in [-0.25, -0.2) is 0 Å². The molecular formula is C15H23NO2. The van der Waals surface area contributed by atoms with Crippen LogP contribution in [-0.4, -0.2) is 12.6 Å². The summed E-state index contributed by atoms with van der Waals surface area (Å²) in [6.45, 7) is 4.08. The lowest BCUT2D eigenvalue weighted by Crippen LogP contribution is -2.24. The summed E-state index contributed by atoms with van der Waals surface area (Å²) in [5.74, 6) is -1.06. The Balaban J connectivity index is 2.72. The van der Waals surface area contributed by atoms with Crippen LogP contribution < -0.4 is 0 Å². The molecule has 0 amide bonds. The first-order valence-corrected chi connectivity index (χ1v) is 6.95. The van der Waals surface area contributed by atoms with Crippen molar-refractivity contribution in [3.05, 3.63) is 11.6 Å².